The molecule has 32 heavy (non-hydrogen) atoms. The van der Waals surface area contributed by atoms with Gasteiger partial charge in [-0.25, -0.2) is 15.0 Å². The monoisotopic (exact) mass is 430 g/mol. The summed E-state index contributed by atoms with van der Waals surface area (Å²) < 4.78 is 14.4. The van der Waals surface area contributed by atoms with Crippen LogP contribution in [0.2, 0.25) is 0 Å². The van der Waals surface area contributed by atoms with Crippen molar-refractivity contribution in [3.05, 3.63) is 48.9 Å². The first kappa shape index (κ1) is 19.3. The SMILES string of the molecule is Nc1ncnc2c1ccn2C1CCC(COc2ccc3ccc(NCC4CC4)nc3c2)O1. The van der Waals surface area contributed by atoms with Crippen molar-refractivity contribution in [3.63, 3.8) is 0 Å². The predicted octanol–water partition coefficient (Wildman–Crippen LogP) is 4.14. The van der Waals surface area contributed by atoms with E-state index in [9.17, 15) is 0 Å². The molecule has 0 spiro atoms. The summed E-state index contributed by atoms with van der Waals surface area (Å²) in [7, 11) is 0. The number of hydrogen-bond acceptors (Lipinski definition) is 7. The molecule has 6 rings (SSSR count). The Hall–Kier alpha value is -3.39. The maximum absolute atomic E-state index is 6.25. The van der Waals surface area contributed by atoms with E-state index >= 15 is 0 Å². The van der Waals surface area contributed by atoms with Crippen molar-refractivity contribution in [3.8, 4) is 5.75 Å². The Morgan fingerprint density at radius 3 is 2.91 bits per heavy atom. The zero-order valence-electron chi connectivity index (χ0n) is 17.8. The number of pyridine rings is 1. The third kappa shape index (κ3) is 3.82. The van der Waals surface area contributed by atoms with Crippen molar-refractivity contribution >= 4 is 33.6 Å². The van der Waals surface area contributed by atoms with Crippen LogP contribution < -0.4 is 15.8 Å². The minimum atomic E-state index is -0.0752. The van der Waals surface area contributed by atoms with Crippen LogP contribution in [0.5, 0.6) is 5.75 Å². The van der Waals surface area contributed by atoms with Gasteiger partial charge in [0.15, 0.2) is 0 Å². The van der Waals surface area contributed by atoms with E-state index in [1.807, 2.05) is 35.0 Å². The van der Waals surface area contributed by atoms with Gasteiger partial charge in [0.1, 0.15) is 42.2 Å². The highest BCUT2D eigenvalue weighted by Crippen LogP contribution is 2.33. The first-order valence-corrected chi connectivity index (χ1v) is 11.2. The number of rotatable bonds is 7. The van der Waals surface area contributed by atoms with E-state index in [2.05, 4.69) is 27.4 Å². The molecule has 164 valence electrons. The van der Waals surface area contributed by atoms with E-state index in [0.717, 1.165) is 58.8 Å². The molecule has 8 nitrogen and oxygen atoms in total. The second kappa shape index (κ2) is 7.94. The van der Waals surface area contributed by atoms with Crippen molar-refractivity contribution in [2.45, 2.75) is 38.0 Å². The molecule has 1 aliphatic carbocycles. The number of fused-ring (bicyclic) bond motifs is 2. The minimum Gasteiger partial charge on any atom is -0.491 e. The van der Waals surface area contributed by atoms with Gasteiger partial charge in [-0.1, -0.05) is 0 Å². The third-order valence-electron chi connectivity index (χ3n) is 6.30. The summed E-state index contributed by atoms with van der Waals surface area (Å²) in [5, 5.41) is 5.39. The average molecular weight is 431 g/mol. The number of ether oxygens (including phenoxy) is 2. The smallest absolute Gasteiger partial charge is 0.147 e. The van der Waals surface area contributed by atoms with Gasteiger partial charge in [0.25, 0.3) is 0 Å². The summed E-state index contributed by atoms with van der Waals surface area (Å²) in [5.74, 6) is 3.03. The van der Waals surface area contributed by atoms with Crippen molar-refractivity contribution < 1.29 is 9.47 Å². The van der Waals surface area contributed by atoms with Gasteiger partial charge in [0.05, 0.1) is 17.0 Å². The fourth-order valence-corrected chi connectivity index (χ4v) is 4.28. The molecule has 1 aromatic carbocycles. The van der Waals surface area contributed by atoms with Gasteiger partial charge in [0, 0.05) is 24.2 Å². The van der Waals surface area contributed by atoms with Gasteiger partial charge in [-0.2, -0.15) is 0 Å². The van der Waals surface area contributed by atoms with Crippen LogP contribution in [0.3, 0.4) is 0 Å². The summed E-state index contributed by atoms with van der Waals surface area (Å²) in [4.78, 5) is 13.2. The molecule has 2 unspecified atom stereocenters. The normalized spacial score (nSPS) is 20.8. The van der Waals surface area contributed by atoms with Crippen LogP contribution in [0.15, 0.2) is 48.9 Å². The van der Waals surface area contributed by atoms with Crippen molar-refractivity contribution in [1.82, 2.24) is 19.5 Å². The third-order valence-corrected chi connectivity index (χ3v) is 6.30. The fraction of sp³-hybridized carbons (Fsp3) is 0.375. The lowest BCUT2D eigenvalue weighted by Gasteiger charge is -2.16. The molecular formula is C24H26N6O2. The molecule has 0 bridgehead atoms. The van der Waals surface area contributed by atoms with Crippen LogP contribution in [0.4, 0.5) is 11.6 Å². The number of nitrogen functional groups attached to an aromatic ring is 1. The quantitative estimate of drug-likeness (QED) is 0.454. The Morgan fingerprint density at radius 2 is 2.00 bits per heavy atom. The summed E-state index contributed by atoms with van der Waals surface area (Å²) >= 11 is 0. The number of nitrogens with zero attached hydrogens (tertiary/aromatic N) is 4. The van der Waals surface area contributed by atoms with Gasteiger partial charge >= 0.3 is 0 Å². The molecular weight excluding hydrogens is 404 g/mol. The largest absolute Gasteiger partial charge is 0.491 e. The highest BCUT2D eigenvalue weighted by atomic mass is 16.6. The zero-order valence-corrected chi connectivity index (χ0v) is 17.8. The molecule has 4 aromatic rings. The van der Waals surface area contributed by atoms with E-state index in [4.69, 9.17) is 20.2 Å². The molecule has 0 radical (unpaired) electrons. The maximum Gasteiger partial charge on any atom is 0.147 e. The average Bonchev–Trinajstić information content (AvgIpc) is 3.34. The first-order chi connectivity index (χ1) is 15.7. The Kier molecular flexibility index (Phi) is 4.79. The van der Waals surface area contributed by atoms with Crippen LogP contribution in [-0.2, 0) is 4.74 Å². The maximum atomic E-state index is 6.25. The molecule has 3 aromatic heterocycles. The zero-order chi connectivity index (χ0) is 21.5. The lowest BCUT2D eigenvalue weighted by molar-refractivity contribution is -0.0156. The van der Waals surface area contributed by atoms with E-state index < -0.39 is 0 Å². The molecule has 1 saturated heterocycles. The van der Waals surface area contributed by atoms with E-state index in [1.165, 1.54) is 19.2 Å². The first-order valence-electron chi connectivity index (χ1n) is 11.2. The van der Waals surface area contributed by atoms with Gasteiger partial charge < -0.3 is 25.1 Å². The summed E-state index contributed by atoms with van der Waals surface area (Å²) in [6, 6.07) is 12.1. The Balaban J connectivity index is 1.10. The summed E-state index contributed by atoms with van der Waals surface area (Å²) in [5.41, 5.74) is 7.69. The molecule has 4 heterocycles. The number of aromatic nitrogens is 4. The molecule has 0 amide bonds. The highest BCUT2D eigenvalue weighted by molar-refractivity contribution is 5.86. The van der Waals surface area contributed by atoms with Gasteiger partial charge in [-0.05, 0) is 61.9 Å². The van der Waals surface area contributed by atoms with Gasteiger partial charge in [-0.3, -0.25) is 0 Å². The summed E-state index contributed by atoms with van der Waals surface area (Å²) in [6.45, 7) is 1.50. The molecule has 1 aliphatic heterocycles. The number of hydrogen-bond donors (Lipinski definition) is 2. The van der Waals surface area contributed by atoms with Crippen LogP contribution in [0.25, 0.3) is 21.9 Å². The van der Waals surface area contributed by atoms with Crippen LogP contribution in [0, 0.1) is 5.92 Å². The number of nitrogens with one attached hydrogen (secondary N) is 1. The fourth-order valence-electron chi connectivity index (χ4n) is 4.28. The summed E-state index contributed by atoms with van der Waals surface area (Å²) in [6.07, 6.45) is 7.87. The van der Waals surface area contributed by atoms with Crippen molar-refractivity contribution in [1.29, 1.82) is 0 Å². The molecule has 3 N–H and O–H groups in total. The lowest BCUT2D eigenvalue weighted by Crippen LogP contribution is -2.18. The second-order valence-corrected chi connectivity index (χ2v) is 8.70. The molecule has 2 atom stereocenters. The van der Waals surface area contributed by atoms with Gasteiger partial charge in [-0.15, -0.1) is 0 Å². The van der Waals surface area contributed by atoms with Crippen molar-refractivity contribution in [2.75, 3.05) is 24.2 Å². The molecule has 2 aliphatic rings. The molecule has 2 fully saturated rings. The van der Waals surface area contributed by atoms with Crippen LogP contribution in [-0.4, -0.2) is 38.8 Å². The van der Waals surface area contributed by atoms with Crippen molar-refractivity contribution in [2.24, 2.45) is 5.92 Å². The minimum absolute atomic E-state index is 0.0202. The highest BCUT2D eigenvalue weighted by Gasteiger charge is 2.28. The standard InChI is InChI=1S/C24H26N6O2/c25-23-19-9-10-30(24(19)28-14-27-23)22-8-6-18(32-22)13-31-17-5-3-16-4-7-21(29-20(16)11-17)26-12-15-1-2-15/h3-5,7,9-11,14-15,18,22H,1-2,6,8,12-13H2,(H,26,29)(H2,25,27,28). The van der Waals surface area contributed by atoms with E-state index in [1.54, 1.807) is 0 Å². The lowest BCUT2D eigenvalue weighted by atomic mass is 10.2. The number of anilines is 2. The van der Waals surface area contributed by atoms with Gasteiger partial charge in [0.2, 0.25) is 0 Å². The Labute approximate surface area is 185 Å². The predicted molar refractivity (Wildman–Crippen MR) is 124 cm³/mol. The molecule has 8 heteroatoms. The van der Waals surface area contributed by atoms with Crippen LogP contribution in [0.1, 0.15) is 31.9 Å². The van der Waals surface area contributed by atoms with Crippen LogP contribution >= 0.6 is 0 Å². The second-order valence-electron chi connectivity index (χ2n) is 8.70. The number of nitrogens with two attached hydrogens (primary N) is 1. The topological polar surface area (TPSA) is 100 Å². The molecule has 1 saturated carbocycles. The Bertz CT molecular complexity index is 1270. The van der Waals surface area contributed by atoms with E-state index in [-0.39, 0.29) is 12.3 Å². The number of benzene rings is 1. The Morgan fingerprint density at radius 1 is 1.09 bits per heavy atom. The van der Waals surface area contributed by atoms with E-state index in [0.29, 0.717) is 12.4 Å².